The Labute approximate surface area is 123 Å². The summed E-state index contributed by atoms with van der Waals surface area (Å²) < 4.78 is 0. The van der Waals surface area contributed by atoms with E-state index in [1.165, 1.54) is 5.69 Å². The molecule has 0 amide bonds. The van der Waals surface area contributed by atoms with Crippen LogP contribution in [-0.2, 0) is 0 Å². The average molecular weight is 280 g/mol. The molecule has 1 fully saturated rings. The van der Waals surface area contributed by atoms with Gasteiger partial charge in [-0.15, -0.1) is 0 Å². The number of piperazine rings is 1. The van der Waals surface area contributed by atoms with Crippen molar-refractivity contribution < 1.29 is 0 Å². The minimum atomic E-state index is 0.387. The van der Waals surface area contributed by atoms with Crippen molar-refractivity contribution in [1.82, 2.24) is 9.97 Å². The van der Waals surface area contributed by atoms with Gasteiger partial charge in [0, 0.05) is 49.9 Å². The van der Waals surface area contributed by atoms with Gasteiger partial charge in [0.05, 0.1) is 0 Å². The molecule has 3 rings (SSSR count). The number of nitriles is 1. The van der Waals surface area contributed by atoms with Crippen molar-refractivity contribution in [2.75, 3.05) is 41.7 Å². The maximum absolute atomic E-state index is 9.10. The standard InChI is InChI=1S/C15H16N6/c16-11-14-15(19-6-5-18-14)21-9-7-20(8-10-21)13-3-1-12(17)2-4-13/h1-6H,7-10,17H2. The van der Waals surface area contributed by atoms with Gasteiger partial charge in [0.15, 0.2) is 11.5 Å². The Morgan fingerprint density at radius 3 is 2.24 bits per heavy atom. The predicted molar refractivity (Wildman–Crippen MR) is 82.0 cm³/mol. The van der Waals surface area contributed by atoms with E-state index in [0.717, 1.165) is 31.9 Å². The number of hydrogen-bond acceptors (Lipinski definition) is 6. The summed E-state index contributed by atoms with van der Waals surface area (Å²) >= 11 is 0. The highest BCUT2D eigenvalue weighted by atomic mass is 15.3. The SMILES string of the molecule is N#Cc1nccnc1N1CCN(c2ccc(N)cc2)CC1. The number of benzene rings is 1. The first-order valence-corrected chi connectivity index (χ1v) is 6.84. The molecule has 106 valence electrons. The summed E-state index contributed by atoms with van der Waals surface area (Å²) in [5.74, 6) is 0.678. The van der Waals surface area contributed by atoms with E-state index in [9.17, 15) is 0 Å². The second-order valence-electron chi connectivity index (χ2n) is 4.91. The number of nitrogens with zero attached hydrogens (tertiary/aromatic N) is 5. The third-order valence-electron chi connectivity index (χ3n) is 3.62. The van der Waals surface area contributed by atoms with Crippen LogP contribution in [0.25, 0.3) is 0 Å². The van der Waals surface area contributed by atoms with Crippen molar-refractivity contribution in [3.05, 3.63) is 42.4 Å². The van der Waals surface area contributed by atoms with Crippen LogP contribution in [0.5, 0.6) is 0 Å². The Balaban J connectivity index is 1.70. The molecule has 0 radical (unpaired) electrons. The van der Waals surface area contributed by atoms with E-state index >= 15 is 0 Å². The fraction of sp³-hybridized carbons (Fsp3) is 0.267. The first-order valence-electron chi connectivity index (χ1n) is 6.84. The molecule has 2 aromatic rings. The smallest absolute Gasteiger partial charge is 0.183 e. The van der Waals surface area contributed by atoms with Gasteiger partial charge in [0.2, 0.25) is 0 Å². The van der Waals surface area contributed by atoms with E-state index in [1.807, 2.05) is 24.3 Å². The van der Waals surface area contributed by atoms with Crippen molar-refractivity contribution in [2.45, 2.75) is 0 Å². The summed E-state index contributed by atoms with van der Waals surface area (Å²) in [4.78, 5) is 12.8. The zero-order valence-corrected chi connectivity index (χ0v) is 11.6. The lowest BCUT2D eigenvalue weighted by Crippen LogP contribution is -2.47. The largest absolute Gasteiger partial charge is 0.399 e. The predicted octanol–water partition coefficient (Wildman–Crippen LogP) is 1.26. The maximum atomic E-state index is 9.10. The Morgan fingerprint density at radius 1 is 0.952 bits per heavy atom. The van der Waals surface area contributed by atoms with Gasteiger partial charge in [-0.25, -0.2) is 9.97 Å². The fourth-order valence-electron chi connectivity index (χ4n) is 2.50. The second-order valence-corrected chi connectivity index (χ2v) is 4.91. The van der Waals surface area contributed by atoms with E-state index in [4.69, 9.17) is 11.0 Å². The van der Waals surface area contributed by atoms with Crippen LogP contribution in [-0.4, -0.2) is 36.1 Å². The van der Waals surface area contributed by atoms with Crippen LogP contribution in [0.1, 0.15) is 5.69 Å². The van der Waals surface area contributed by atoms with Gasteiger partial charge in [0.1, 0.15) is 6.07 Å². The lowest BCUT2D eigenvalue weighted by molar-refractivity contribution is 0.645. The quantitative estimate of drug-likeness (QED) is 0.834. The van der Waals surface area contributed by atoms with Crippen LogP contribution in [0, 0.1) is 11.3 Å². The van der Waals surface area contributed by atoms with E-state index < -0.39 is 0 Å². The average Bonchev–Trinajstić information content (AvgIpc) is 2.56. The molecule has 0 atom stereocenters. The summed E-state index contributed by atoms with van der Waals surface area (Å²) in [5, 5.41) is 9.10. The zero-order valence-electron chi connectivity index (χ0n) is 11.6. The van der Waals surface area contributed by atoms with Gasteiger partial charge in [-0.3, -0.25) is 0 Å². The topological polar surface area (TPSA) is 82.1 Å². The van der Waals surface area contributed by atoms with Crippen LogP contribution in [0.4, 0.5) is 17.2 Å². The minimum absolute atomic E-state index is 0.387. The van der Waals surface area contributed by atoms with Crippen LogP contribution < -0.4 is 15.5 Å². The molecule has 0 spiro atoms. The molecule has 1 aromatic heterocycles. The summed E-state index contributed by atoms with van der Waals surface area (Å²) in [6.45, 7) is 3.40. The molecule has 0 aliphatic carbocycles. The van der Waals surface area contributed by atoms with Gasteiger partial charge in [0.25, 0.3) is 0 Å². The first-order chi connectivity index (χ1) is 10.3. The highest BCUT2D eigenvalue weighted by Crippen LogP contribution is 2.21. The molecule has 6 heteroatoms. The number of nitrogen functional groups attached to an aromatic ring is 1. The summed E-state index contributed by atoms with van der Waals surface area (Å²) in [6.07, 6.45) is 3.18. The lowest BCUT2D eigenvalue weighted by Gasteiger charge is -2.36. The molecular formula is C15H16N6. The molecule has 21 heavy (non-hydrogen) atoms. The Morgan fingerprint density at radius 2 is 1.57 bits per heavy atom. The molecule has 1 aliphatic heterocycles. The zero-order chi connectivity index (χ0) is 14.7. The van der Waals surface area contributed by atoms with Crippen LogP contribution in [0.2, 0.25) is 0 Å². The molecule has 6 nitrogen and oxygen atoms in total. The van der Waals surface area contributed by atoms with Crippen LogP contribution in [0.3, 0.4) is 0 Å². The number of hydrogen-bond donors (Lipinski definition) is 1. The monoisotopic (exact) mass is 280 g/mol. The molecule has 0 unspecified atom stereocenters. The van der Waals surface area contributed by atoms with E-state index in [-0.39, 0.29) is 0 Å². The first kappa shape index (κ1) is 13.2. The highest BCUT2D eigenvalue weighted by Gasteiger charge is 2.20. The van der Waals surface area contributed by atoms with Gasteiger partial charge in [-0.05, 0) is 24.3 Å². The molecule has 0 bridgehead atoms. The summed E-state index contributed by atoms with van der Waals surface area (Å²) in [5.41, 5.74) is 8.04. The fourth-order valence-corrected chi connectivity index (χ4v) is 2.50. The Kier molecular flexibility index (Phi) is 3.56. The van der Waals surface area contributed by atoms with E-state index in [1.54, 1.807) is 12.4 Å². The van der Waals surface area contributed by atoms with Crippen molar-refractivity contribution >= 4 is 17.2 Å². The molecule has 1 aliphatic rings. The molecule has 2 heterocycles. The van der Waals surface area contributed by atoms with Crippen molar-refractivity contribution in [1.29, 1.82) is 5.26 Å². The number of anilines is 3. The van der Waals surface area contributed by atoms with Crippen LogP contribution >= 0.6 is 0 Å². The van der Waals surface area contributed by atoms with Crippen molar-refractivity contribution in [3.8, 4) is 6.07 Å². The normalized spacial score (nSPS) is 14.8. The van der Waals surface area contributed by atoms with Gasteiger partial charge in [-0.1, -0.05) is 0 Å². The molecule has 0 saturated carbocycles. The van der Waals surface area contributed by atoms with Gasteiger partial charge in [-0.2, -0.15) is 5.26 Å². The summed E-state index contributed by atoms with van der Waals surface area (Å²) in [6, 6.07) is 10.0. The molecular weight excluding hydrogens is 264 g/mol. The summed E-state index contributed by atoms with van der Waals surface area (Å²) in [7, 11) is 0. The van der Waals surface area contributed by atoms with Gasteiger partial charge >= 0.3 is 0 Å². The minimum Gasteiger partial charge on any atom is -0.399 e. The van der Waals surface area contributed by atoms with E-state index in [0.29, 0.717) is 11.5 Å². The van der Waals surface area contributed by atoms with Crippen molar-refractivity contribution in [2.24, 2.45) is 0 Å². The Bertz CT molecular complexity index is 653. The lowest BCUT2D eigenvalue weighted by atomic mass is 10.2. The molecule has 2 N–H and O–H groups in total. The number of aromatic nitrogens is 2. The van der Waals surface area contributed by atoms with Gasteiger partial charge < -0.3 is 15.5 Å². The second kappa shape index (κ2) is 5.67. The number of rotatable bonds is 2. The highest BCUT2D eigenvalue weighted by molar-refractivity contribution is 5.55. The van der Waals surface area contributed by atoms with Crippen molar-refractivity contribution in [3.63, 3.8) is 0 Å². The van der Waals surface area contributed by atoms with E-state index in [2.05, 4.69) is 25.8 Å². The number of nitrogens with two attached hydrogens (primary N) is 1. The molecule has 1 aromatic carbocycles. The van der Waals surface area contributed by atoms with Crippen LogP contribution in [0.15, 0.2) is 36.7 Å². The Hall–Kier alpha value is -2.81. The third-order valence-corrected chi connectivity index (χ3v) is 3.62. The third kappa shape index (κ3) is 2.72. The maximum Gasteiger partial charge on any atom is 0.183 e. The molecule has 1 saturated heterocycles.